The second-order valence-corrected chi connectivity index (χ2v) is 10.3. The van der Waals surface area contributed by atoms with Crippen LogP contribution in [0.1, 0.15) is 57.3 Å². The number of piperidine rings is 1. The van der Waals surface area contributed by atoms with E-state index in [-0.39, 0.29) is 18.1 Å². The predicted molar refractivity (Wildman–Crippen MR) is 145 cm³/mol. The van der Waals surface area contributed by atoms with E-state index >= 15 is 0 Å². The second-order valence-electron chi connectivity index (χ2n) is 10.3. The molecule has 8 heteroatoms. The number of fused-ring (bicyclic) bond motifs is 2. The summed E-state index contributed by atoms with van der Waals surface area (Å²) in [5.41, 5.74) is 18.4. The summed E-state index contributed by atoms with van der Waals surface area (Å²) in [6.45, 7) is 1.46. The Bertz CT molecular complexity index is 1590. The molecule has 4 heterocycles. The summed E-state index contributed by atoms with van der Waals surface area (Å²) in [5, 5.41) is 10.1. The van der Waals surface area contributed by atoms with E-state index in [2.05, 4.69) is 51.0 Å². The molecule has 1 aliphatic heterocycles. The fourth-order valence-electron chi connectivity index (χ4n) is 6.02. The zero-order chi connectivity index (χ0) is 26.3. The molecule has 192 valence electrons. The Hall–Kier alpha value is -4.19. The number of nitrogens with two attached hydrogens (primary N) is 2. The van der Waals surface area contributed by atoms with Crippen LogP contribution >= 0.6 is 0 Å². The lowest BCUT2D eigenvalue weighted by Gasteiger charge is -2.42. The van der Waals surface area contributed by atoms with Gasteiger partial charge >= 0.3 is 0 Å². The highest BCUT2D eigenvalue weighted by atomic mass is 16.3. The summed E-state index contributed by atoms with van der Waals surface area (Å²) in [4.78, 5) is 22.9. The third-order valence-corrected chi connectivity index (χ3v) is 8.15. The van der Waals surface area contributed by atoms with E-state index in [4.69, 9.17) is 11.5 Å². The zero-order valence-electron chi connectivity index (χ0n) is 21.1. The third kappa shape index (κ3) is 4.20. The van der Waals surface area contributed by atoms with Crippen LogP contribution in [0, 0.1) is 17.3 Å². The van der Waals surface area contributed by atoms with E-state index in [1.54, 1.807) is 18.5 Å². The highest BCUT2D eigenvalue weighted by Gasteiger charge is 2.46. The Kier molecular flexibility index (Phi) is 6.10. The fourth-order valence-corrected chi connectivity index (χ4v) is 6.02. The fraction of sp³-hybridized carbons (Fsp3) is 0.300. The van der Waals surface area contributed by atoms with Gasteiger partial charge in [0.25, 0.3) is 0 Å². The van der Waals surface area contributed by atoms with Gasteiger partial charge in [-0.2, -0.15) is 0 Å². The average molecular weight is 507 g/mol. The SMILES string of the molecule is NC(=O)c1ccc2c(CC#Cc3cnc(N4CCC5(CC4)Cc4ccccc4[C@H]5N)c(CO)n3)ccn2c1. The number of anilines is 1. The molecule has 0 bridgehead atoms. The monoisotopic (exact) mass is 506 g/mol. The lowest BCUT2D eigenvalue weighted by Crippen LogP contribution is -2.45. The molecule has 1 amide bonds. The van der Waals surface area contributed by atoms with Crippen molar-refractivity contribution in [3.05, 3.63) is 94.7 Å². The highest BCUT2D eigenvalue weighted by molar-refractivity contribution is 5.92. The lowest BCUT2D eigenvalue weighted by molar-refractivity contribution is 0.1000. The van der Waals surface area contributed by atoms with Gasteiger partial charge in [-0.25, -0.2) is 9.97 Å². The number of nitrogens with zero attached hydrogens (tertiary/aromatic N) is 4. The zero-order valence-corrected chi connectivity index (χ0v) is 21.1. The molecular weight excluding hydrogens is 476 g/mol. The van der Waals surface area contributed by atoms with Crippen LogP contribution in [0.5, 0.6) is 0 Å². The number of aliphatic hydroxyl groups excluding tert-OH is 1. The van der Waals surface area contributed by atoms with Crippen LogP contribution in [0.25, 0.3) is 5.52 Å². The first kappa shape index (κ1) is 24.2. The number of primary amides is 1. The third-order valence-electron chi connectivity index (χ3n) is 8.15. The van der Waals surface area contributed by atoms with E-state index in [0.717, 1.165) is 49.2 Å². The van der Waals surface area contributed by atoms with Crippen molar-refractivity contribution in [3.8, 4) is 11.8 Å². The van der Waals surface area contributed by atoms with Crippen LogP contribution in [0.4, 0.5) is 5.82 Å². The summed E-state index contributed by atoms with van der Waals surface area (Å²) in [5.74, 6) is 6.51. The van der Waals surface area contributed by atoms with Crippen molar-refractivity contribution in [1.82, 2.24) is 14.4 Å². The molecule has 1 fully saturated rings. The summed E-state index contributed by atoms with van der Waals surface area (Å²) >= 11 is 0. The van der Waals surface area contributed by atoms with Gasteiger partial charge in [0.05, 0.1) is 18.4 Å². The normalized spacial score (nSPS) is 17.8. The summed E-state index contributed by atoms with van der Waals surface area (Å²) in [7, 11) is 0. The van der Waals surface area contributed by atoms with Gasteiger partial charge in [0, 0.05) is 43.5 Å². The quantitative estimate of drug-likeness (QED) is 0.366. The lowest BCUT2D eigenvalue weighted by atomic mass is 9.73. The number of rotatable bonds is 4. The van der Waals surface area contributed by atoms with Gasteiger partial charge in [0.15, 0.2) is 5.82 Å². The number of carbonyl (C=O) groups excluding carboxylic acids is 1. The van der Waals surface area contributed by atoms with Crippen LogP contribution in [-0.2, 0) is 19.4 Å². The predicted octanol–water partition coefficient (Wildman–Crippen LogP) is 2.76. The van der Waals surface area contributed by atoms with Crippen molar-refractivity contribution in [3.63, 3.8) is 0 Å². The van der Waals surface area contributed by atoms with Gasteiger partial charge in [0.2, 0.25) is 5.91 Å². The maximum absolute atomic E-state index is 11.4. The van der Waals surface area contributed by atoms with E-state index in [9.17, 15) is 9.90 Å². The maximum Gasteiger partial charge on any atom is 0.250 e. The topological polar surface area (TPSA) is 123 Å². The molecule has 1 aromatic carbocycles. The van der Waals surface area contributed by atoms with Crippen molar-refractivity contribution in [1.29, 1.82) is 0 Å². The molecule has 1 spiro atoms. The van der Waals surface area contributed by atoms with Crippen LogP contribution in [-0.4, -0.2) is 38.5 Å². The number of benzene rings is 1. The van der Waals surface area contributed by atoms with Gasteiger partial charge in [-0.3, -0.25) is 4.79 Å². The van der Waals surface area contributed by atoms with Crippen LogP contribution in [0.3, 0.4) is 0 Å². The molecule has 4 aromatic rings. The molecular formula is C30H30N6O2. The second kappa shape index (κ2) is 9.60. The number of hydrogen-bond acceptors (Lipinski definition) is 6. The number of aliphatic hydroxyl groups is 1. The smallest absolute Gasteiger partial charge is 0.250 e. The number of aromatic nitrogens is 3. The Morgan fingerprint density at radius 2 is 1.97 bits per heavy atom. The first-order chi connectivity index (χ1) is 18.5. The first-order valence-corrected chi connectivity index (χ1v) is 12.9. The molecule has 0 saturated carbocycles. The summed E-state index contributed by atoms with van der Waals surface area (Å²) < 4.78 is 1.87. The molecule has 1 aliphatic carbocycles. The summed E-state index contributed by atoms with van der Waals surface area (Å²) in [6.07, 6.45) is 8.77. The molecule has 0 radical (unpaired) electrons. The van der Waals surface area contributed by atoms with Crippen molar-refractivity contribution in [2.45, 2.75) is 38.3 Å². The molecule has 8 nitrogen and oxygen atoms in total. The van der Waals surface area contributed by atoms with Crippen LogP contribution in [0.2, 0.25) is 0 Å². The minimum absolute atomic E-state index is 0.0602. The Balaban J connectivity index is 1.14. The van der Waals surface area contributed by atoms with Crippen LogP contribution < -0.4 is 16.4 Å². The molecule has 38 heavy (non-hydrogen) atoms. The van der Waals surface area contributed by atoms with Gasteiger partial charge in [-0.15, -0.1) is 0 Å². The molecule has 6 rings (SSSR count). The first-order valence-electron chi connectivity index (χ1n) is 12.9. The number of amides is 1. The molecule has 1 atom stereocenters. The maximum atomic E-state index is 11.4. The highest BCUT2D eigenvalue weighted by Crippen LogP contribution is 2.51. The van der Waals surface area contributed by atoms with Gasteiger partial charge < -0.3 is 25.9 Å². The molecule has 2 aliphatic rings. The minimum Gasteiger partial charge on any atom is -0.390 e. The average Bonchev–Trinajstić information content (AvgIpc) is 3.47. The van der Waals surface area contributed by atoms with Crippen molar-refractivity contribution >= 4 is 17.2 Å². The van der Waals surface area contributed by atoms with Crippen molar-refractivity contribution in [2.75, 3.05) is 18.0 Å². The van der Waals surface area contributed by atoms with E-state index in [1.165, 1.54) is 11.1 Å². The Morgan fingerprint density at radius 3 is 2.74 bits per heavy atom. The van der Waals surface area contributed by atoms with Gasteiger partial charge in [-0.1, -0.05) is 30.2 Å². The van der Waals surface area contributed by atoms with Crippen molar-refractivity contribution < 1.29 is 9.90 Å². The van der Waals surface area contributed by atoms with Crippen LogP contribution in [0.15, 0.2) is 61.1 Å². The van der Waals surface area contributed by atoms with E-state index < -0.39 is 5.91 Å². The number of pyridine rings is 1. The van der Waals surface area contributed by atoms with Gasteiger partial charge in [-0.05, 0) is 65.5 Å². The van der Waals surface area contributed by atoms with Crippen molar-refractivity contribution in [2.24, 2.45) is 16.9 Å². The number of hydrogen-bond donors (Lipinski definition) is 3. The molecule has 1 saturated heterocycles. The standard InChI is InChI=1S/C30H30N6O2/c31-27-24-7-2-1-4-21(24)16-30(27)11-14-35(15-12-30)29-25(19-37)34-23(17-33-29)6-3-5-20-10-13-36-18-22(28(32)38)8-9-26(20)36/h1-2,4,7-10,13,17-18,27,37H,5,11-12,14-16,19,31H2,(H2,32,38)/t27-/m1/s1. The van der Waals surface area contributed by atoms with E-state index in [1.807, 2.05) is 22.7 Å². The Morgan fingerprint density at radius 1 is 1.16 bits per heavy atom. The van der Waals surface area contributed by atoms with Gasteiger partial charge in [0.1, 0.15) is 11.4 Å². The largest absolute Gasteiger partial charge is 0.390 e. The Labute approximate surface area is 221 Å². The minimum atomic E-state index is -0.458. The molecule has 5 N–H and O–H groups in total. The number of carbonyl (C=O) groups is 1. The summed E-state index contributed by atoms with van der Waals surface area (Å²) in [6, 6.07) is 14.1. The van der Waals surface area contributed by atoms with E-state index in [0.29, 0.717) is 23.4 Å². The molecule has 3 aromatic heterocycles. The molecule has 0 unspecified atom stereocenters.